The maximum atomic E-state index is 14.8. The average molecular weight is 505 g/mol. The second-order valence-electron chi connectivity index (χ2n) is 11.1. The molecule has 37 heavy (non-hydrogen) atoms. The fourth-order valence-corrected chi connectivity index (χ4v) is 5.07. The number of benzene rings is 1. The van der Waals surface area contributed by atoms with Gasteiger partial charge in [0.05, 0.1) is 52.4 Å². The maximum absolute atomic E-state index is 14.8. The Hall–Kier alpha value is -3.64. The highest BCUT2D eigenvalue weighted by Gasteiger charge is 2.40. The second-order valence-corrected chi connectivity index (χ2v) is 11.1. The van der Waals surface area contributed by atoms with Crippen LogP contribution in [-0.4, -0.2) is 36.7 Å². The lowest BCUT2D eigenvalue weighted by molar-refractivity contribution is -0.170. The van der Waals surface area contributed by atoms with Gasteiger partial charge in [0.2, 0.25) is 5.95 Å². The molecule has 1 aliphatic heterocycles. The summed E-state index contributed by atoms with van der Waals surface area (Å²) in [5.41, 5.74) is 2.09. The standard InChI is InChI=1S/C28H33FN6O2/c1-17(13-30)9-24(36)22-8-7-19(10-23(22)29)25-18(2)14-31-26(34-25)33-20-15-32-35(16-20)21-11-27(3,4)37-28(5,6)12-21/h7-8,10,14-17,21H,9,11-12H2,1-6H3,(H,31,33,34)/t17-/m1/s1. The van der Waals surface area contributed by atoms with Crippen LogP contribution in [0.4, 0.5) is 16.0 Å². The van der Waals surface area contributed by atoms with E-state index in [1.165, 1.54) is 12.1 Å². The summed E-state index contributed by atoms with van der Waals surface area (Å²) < 4.78 is 23.0. The van der Waals surface area contributed by atoms with Gasteiger partial charge in [0.1, 0.15) is 5.82 Å². The molecule has 1 atom stereocenters. The number of ether oxygens (including phenoxy) is 1. The van der Waals surface area contributed by atoms with Gasteiger partial charge in [-0.25, -0.2) is 14.4 Å². The molecular weight excluding hydrogens is 471 g/mol. The van der Waals surface area contributed by atoms with E-state index < -0.39 is 17.5 Å². The number of aryl methyl sites for hydroxylation is 1. The van der Waals surface area contributed by atoms with E-state index in [-0.39, 0.29) is 29.2 Å². The summed E-state index contributed by atoms with van der Waals surface area (Å²) in [5, 5.41) is 16.7. The third-order valence-electron chi connectivity index (χ3n) is 6.47. The molecule has 3 heterocycles. The minimum absolute atomic E-state index is 0.0239. The zero-order valence-corrected chi connectivity index (χ0v) is 22.2. The van der Waals surface area contributed by atoms with Crippen molar-refractivity contribution in [2.75, 3.05) is 5.32 Å². The van der Waals surface area contributed by atoms with Crippen LogP contribution in [0.25, 0.3) is 11.3 Å². The molecule has 1 aliphatic rings. The zero-order chi connectivity index (χ0) is 27.0. The molecule has 0 amide bonds. The number of carbonyl (C=O) groups excluding carboxylic acids is 1. The maximum Gasteiger partial charge on any atom is 0.227 e. The Morgan fingerprint density at radius 3 is 2.62 bits per heavy atom. The van der Waals surface area contributed by atoms with Crippen molar-refractivity contribution in [3.8, 4) is 17.3 Å². The lowest BCUT2D eigenvalue weighted by Crippen LogP contribution is -2.45. The Morgan fingerprint density at radius 1 is 1.27 bits per heavy atom. The van der Waals surface area contributed by atoms with Gasteiger partial charge in [-0.15, -0.1) is 0 Å². The first-order valence-electron chi connectivity index (χ1n) is 12.4. The second kappa shape index (κ2) is 10.0. The molecule has 2 aromatic heterocycles. The largest absolute Gasteiger partial charge is 0.370 e. The number of ketones is 1. The predicted molar refractivity (Wildman–Crippen MR) is 139 cm³/mol. The molecule has 1 fully saturated rings. The summed E-state index contributed by atoms with van der Waals surface area (Å²) in [6.45, 7) is 11.9. The van der Waals surface area contributed by atoms with Crippen molar-refractivity contribution in [2.45, 2.75) is 78.0 Å². The Bertz CT molecular complexity index is 1340. The molecule has 1 N–H and O–H groups in total. The van der Waals surface area contributed by atoms with Crippen LogP contribution in [0, 0.1) is 30.0 Å². The summed E-state index contributed by atoms with van der Waals surface area (Å²) >= 11 is 0. The van der Waals surface area contributed by atoms with Crippen LogP contribution in [0.3, 0.4) is 0 Å². The van der Waals surface area contributed by atoms with Gasteiger partial charge < -0.3 is 10.1 Å². The first-order chi connectivity index (χ1) is 17.4. The molecule has 4 rings (SSSR count). The number of carbonyl (C=O) groups is 1. The van der Waals surface area contributed by atoms with Crippen LogP contribution < -0.4 is 5.32 Å². The van der Waals surface area contributed by atoms with E-state index in [9.17, 15) is 9.18 Å². The first-order valence-corrected chi connectivity index (χ1v) is 12.4. The summed E-state index contributed by atoms with van der Waals surface area (Å²) in [6.07, 6.45) is 7.02. The van der Waals surface area contributed by atoms with E-state index in [4.69, 9.17) is 10.00 Å². The number of anilines is 2. The molecule has 1 saturated heterocycles. The highest BCUT2D eigenvalue weighted by molar-refractivity contribution is 5.97. The Labute approximate surface area is 216 Å². The fraction of sp³-hybridized carbons (Fsp3) is 0.464. The first kappa shape index (κ1) is 26.4. The third-order valence-corrected chi connectivity index (χ3v) is 6.47. The number of nitrogens with zero attached hydrogens (tertiary/aromatic N) is 5. The molecule has 0 aliphatic carbocycles. The zero-order valence-electron chi connectivity index (χ0n) is 22.2. The van der Waals surface area contributed by atoms with Crippen molar-refractivity contribution < 1.29 is 13.9 Å². The minimum Gasteiger partial charge on any atom is -0.370 e. The average Bonchev–Trinajstić information content (AvgIpc) is 3.26. The van der Waals surface area contributed by atoms with E-state index in [1.54, 1.807) is 25.4 Å². The monoisotopic (exact) mass is 504 g/mol. The van der Waals surface area contributed by atoms with E-state index in [2.05, 4.69) is 48.1 Å². The van der Waals surface area contributed by atoms with E-state index in [0.717, 1.165) is 24.1 Å². The highest BCUT2D eigenvalue weighted by Crippen LogP contribution is 2.40. The van der Waals surface area contributed by atoms with Gasteiger partial charge in [-0.3, -0.25) is 9.48 Å². The number of aromatic nitrogens is 4. The quantitative estimate of drug-likeness (QED) is 0.383. The lowest BCUT2D eigenvalue weighted by Gasteiger charge is -2.45. The number of hydrogen-bond donors (Lipinski definition) is 1. The molecule has 0 radical (unpaired) electrons. The highest BCUT2D eigenvalue weighted by atomic mass is 19.1. The SMILES string of the molecule is Cc1cnc(Nc2cnn(C3CC(C)(C)OC(C)(C)C3)c2)nc1-c1ccc(C(=O)C[C@@H](C)C#N)c(F)c1. The molecule has 8 nitrogen and oxygen atoms in total. The van der Waals surface area contributed by atoms with Gasteiger partial charge >= 0.3 is 0 Å². The Kier molecular flexibility index (Phi) is 7.16. The van der Waals surface area contributed by atoms with Crippen molar-refractivity contribution >= 4 is 17.4 Å². The number of Topliss-reactive ketones (excluding diaryl/α,β-unsaturated/α-hetero) is 1. The van der Waals surface area contributed by atoms with Crippen molar-refractivity contribution in [1.82, 2.24) is 19.7 Å². The molecule has 1 aromatic carbocycles. The molecule has 0 saturated carbocycles. The topological polar surface area (TPSA) is 106 Å². The van der Waals surface area contributed by atoms with Crippen molar-refractivity contribution in [3.63, 3.8) is 0 Å². The fourth-order valence-electron chi connectivity index (χ4n) is 5.07. The van der Waals surface area contributed by atoms with Gasteiger partial charge in [0, 0.05) is 24.4 Å². The molecule has 0 bridgehead atoms. The smallest absolute Gasteiger partial charge is 0.227 e. The van der Waals surface area contributed by atoms with Crippen LogP contribution >= 0.6 is 0 Å². The van der Waals surface area contributed by atoms with Crippen LogP contribution in [0.5, 0.6) is 0 Å². The number of nitrogens with one attached hydrogen (secondary N) is 1. The third kappa shape index (κ3) is 6.20. The van der Waals surface area contributed by atoms with E-state index in [0.29, 0.717) is 17.2 Å². The van der Waals surface area contributed by atoms with Crippen molar-refractivity contribution in [3.05, 3.63) is 53.7 Å². The van der Waals surface area contributed by atoms with Gasteiger partial charge in [-0.1, -0.05) is 6.07 Å². The lowest BCUT2D eigenvalue weighted by atomic mass is 9.85. The van der Waals surface area contributed by atoms with E-state index >= 15 is 0 Å². The van der Waals surface area contributed by atoms with Crippen molar-refractivity contribution in [2.24, 2.45) is 5.92 Å². The summed E-state index contributed by atoms with van der Waals surface area (Å²) in [5.74, 6) is -1.15. The molecular formula is C28H33FN6O2. The summed E-state index contributed by atoms with van der Waals surface area (Å²) in [7, 11) is 0. The molecule has 194 valence electrons. The van der Waals surface area contributed by atoms with Gasteiger partial charge in [0.25, 0.3) is 0 Å². The number of rotatable bonds is 7. The van der Waals surface area contributed by atoms with Crippen molar-refractivity contribution in [1.29, 1.82) is 5.26 Å². The molecule has 3 aromatic rings. The van der Waals surface area contributed by atoms with Crippen LogP contribution in [0.2, 0.25) is 0 Å². The molecule has 9 heteroatoms. The number of nitriles is 1. The normalized spacial score (nSPS) is 17.7. The number of hydrogen-bond acceptors (Lipinski definition) is 7. The molecule has 0 unspecified atom stereocenters. The van der Waals surface area contributed by atoms with Crippen LogP contribution in [0.1, 0.15) is 75.8 Å². The Balaban J connectivity index is 1.53. The van der Waals surface area contributed by atoms with Gasteiger partial charge in [-0.05, 0) is 72.1 Å². The van der Waals surface area contributed by atoms with Gasteiger partial charge in [0.15, 0.2) is 5.78 Å². The summed E-state index contributed by atoms with van der Waals surface area (Å²) in [4.78, 5) is 21.3. The number of halogens is 1. The molecule has 0 spiro atoms. The summed E-state index contributed by atoms with van der Waals surface area (Å²) in [6, 6.07) is 6.62. The predicted octanol–water partition coefficient (Wildman–Crippen LogP) is 6.17. The Morgan fingerprint density at radius 2 is 1.97 bits per heavy atom. The van der Waals surface area contributed by atoms with Gasteiger partial charge in [-0.2, -0.15) is 10.4 Å². The minimum atomic E-state index is -0.635. The van der Waals surface area contributed by atoms with Crippen LogP contribution in [-0.2, 0) is 4.74 Å². The van der Waals surface area contributed by atoms with E-state index in [1.807, 2.05) is 23.9 Å². The van der Waals surface area contributed by atoms with Crippen LogP contribution in [0.15, 0.2) is 36.8 Å².